The standard InChI is InChI=1S/C14H19BrClNO3/c15-13-4-3-10(6-14(13)16)17-7-11(18)8-19-9-12-2-1-5-20-12/h3-4,6,11-12,17-18H,1-2,5,7-9H2. The summed E-state index contributed by atoms with van der Waals surface area (Å²) in [5.41, 5.74) is 0.872. The smallest absolute Gasteiger partial charge is 0.0945 e. The lowest BCUT2D eigenvalue weighted by atomic mass is 10.2. The Hall–Kier alpha value is -0.330. The van der Waals surface area contributed by atoms with Gasteiger partial charge in [-0.15, -0.1) is 0 Å². The predicted molar refractivity (Wildman–Crippen MR) is 83.4 cm³/mol. The van der Waals surface area contributed by atoms with Crippen LogP contribution in [0, 0.1) is 0 Å². The number of nitrogens with one attached hydrogen (secondary N) is 1. The SMILES string of the molecule is OC(CNc1ccc(Br)c(Cl)c1)COCC1CCCO1. The van der Waals surface area contributed by atoms with Crippen LogP contribution in [0.1, 0.15) is 12.8 Å². The highest BCUT2D eigenvalue weighted by Crippen LogP contribution is 2.25. The third kappa shape index (κ3) is 5.22. The molecule has 4 nitrogen and oxygen atoms in total. The van der Waals surface area contributed by atoms with Crippen molar-refractivity contribution in [3.05, 3.63) is 27.7 Å². The Kier molecular flexibility index (Phi) is 6.58. The summed E-state index contributed by atoms with van der Waals surface area (Å²) in [7, 11) is 0. The second kappa shape index (κ2) is 8.20. The molecule has 0 spiro atoms. The molecule has 1 aliphatic heterocycles. The summed E-state index contributed by atoms with van der Waals surface area (Å²) in [5, 5.41) is 13.6. The Morgan fingerprint density at radius 2 is 2.40 bits per heavy atom. The van der Waals surface area contributed by atoms with E-state index in [4.69, 9.17) is 21.1 Å². The summed E-state index contributed by atoms with van der Waals surface area (Å²) in [6, 6.07) is 5.58. The van der Waals surface area contributed by atoms with Gasteiger partial charge in [0.2, 0.25) is 0 Å². The van der Waals surface area contributed by atoms with Gasteiger partial charge in [0.15, 0.2) is 0 Å². The van der Waals surface area contributed by atoms with Gasteiger partial charge in [-0.2, -0.15) is 0 Å². The number of rotatable bonds is 7. The highest BCUT2D eigenvalue weighted by atomic mass is 79.9. The summed E-state index contributed by atoms with van der Waals surface area (Å²) in [6.07, 6.45) is 1.79. The quantitative estimate of drug-likeness (QED) is 0.781. The van der Waals surface area contributed by atoms with E-state index >= 15 is 0 Å². The molecule has 1 aromatic carbocycles. The van der Waals surface area contributed by atoms with E-state index in [9.17, 15) is 5.11 Å². The average molecular weight is 365 g/mol. The fourth-order valence-corrected chi connectivity index (χ4v) is 2.44. The molecule has 0 bridgehead atoms. The molecule has 1 heterocycles. The number of anilines is 1. The van der Waals surface area contributed by atoms with E-state index < -0.39 is 6.10 Å². The van der Waals surface area contributed by atoms with E-state index in [1.54, 1.807) is 0 Å². The second-order valence-electron chi connectivity index (χ2n) is 4.84. The molecule has 0 radical (unpaired) electrons. The van der Waals surface area contributed by atoms with Crippen LogP contribution in [0.15, 0.2) is 22.7 Å². The molecule has 112 valence electrons. The van der Waals surface area contributed by atoms with E-state index in [2.05, 4.69) is 21.2 Å². The number of halogens is 2. The van der Waals surface area contributed by atoms with Gasteiger partial charge >= 0.3 is 0 Å². The zero-order valence-electron chi connectivity index (χ0n) is 11.1. The molecule has 2 rings (SSSR count). The molecule has 2 unspecified atom stereocenters. The van der Waals surface area contributed by atoms with E-state index in [1.165, 1.54) is 0 Å². The van der Waals surface area contributed by atoms with Crippen molar-refractivity contribution in [1.29, 1.82) is 0 Å². The Bertz CT molecular complexity index is 427. The van der Waals surface area contributed by atoms with Gasteiger partial charge in [0, 0.05) is 23.3 Å². The Labute approximate surface area is 132 Å². The van der Waals surface area contributed by atoms with Crippen molar-refractivity contribution < 1.29 is 14.6 Å². The highest BCUT2D eigenvalue weighted by molar-refractivity contribution is 9.10. The number of ether oxygens (including phenoxy) is 2. The maximum absolute atomic E-state index is 9.84. The van der Waals surface area contributed by atoms with Crippen molar-refractivity contribution >= 4 is 33.2 Å². The minimum atomic E-state index is -0.557. The van der Waals surface area contributed by atoms with Crippen LogP contribution in [-0.4, -0.2) is 43.7 Å². The van der Waals surface area contributed by atoms with Crippen LogP contribution in [0.25, 0.3) is 0 Å². The van der Waals surface area contributed by atoms with Gasteiger partial charge in [-0.1, -0.05) is 11.6 Å². The zero-order chi connectivity index (χ0) is 14.4. The summed E-state index contributed by atoms with van der Waals surface area (Å²) in [6.45, 7) is 2.10. The van der Waals surface area contributed by atoms with E-state index in [1.807, 2.05) is 18.2 Å². The topological polar surface area (TPSA) is 50.7 Å². The summed E-state index contributed by atoms with van der Waals surface area (Å²) in [4.78, 5) is 0. The van der Waals surface area contributed by atoms with E-state index in [0.29, 0.717) is 24.8 Å². The Morgan fingerprint density at radius 3 is 3.10 bits per heavy atom. The molecule has 1 fully saturated rings. The van der Waals surface area contributed by atoms with Crippen LogP contribution in [0.4, 0.5) is 5.69 Å². The van der Waals surface area contributed by atoms with Gasteiger partial charge < -0.3 is 19.9 Å². The molecule has 1 saturated heterocycles. The number of hydrogen-bond acceptors (Lipinski definition) is 4. The third-order valence-electron chi connectivity index (χ3n) is 3.10. The summed E-state index contributed by atoms with van der Waals surface area (Å²) >= 11 is 9.33. The third-order valence-corrected chi connectivity index (χ3v) is 4.33. The van der Waals surface area contributed by atoms with Crippen LogP contribution in [-0.2, 0) is 9.47 Å². The van der Waals surface area contributed by atoms with Crippen LogP contribution in [0.5, 0.6) is 0 Å². The highest BCUT2D eigenvalue weighted by Gasteiger charge is 2.16. The molecule has 0 amide bonds. The van der Waals surface area contributed by atoms with Crippen molar-refractivity contribution in [3.8, 4) is 0 Å². The van der Waals surface area contributed by atoms with Crippen molar-refractivity contribution in [2.24, 2.45) is 0 Å². The molecule has 0 aromatic heterocycles. The summed E-state index contributed by atoms with van der Waals surface area (Å²) < 4.78 is 11.8. The number of aliphatic hydroxyl groups excluding tert-OH is 1. The fraction of sp³-hybridized carbons (Fsp3) is 0.571. The van der Waals surface area contributed by atoms with Crippen LogP contribution in [0.2, 0.25) is 5.02 Å². The van der Waals surface area contributed by atoms with Crippen LogP contribution < -0.4 is 5.32 Å². The molecule has 0 saturated carbocycles. The van der Waals surface area contributed by atoms with Crippen molar-refractivity contribution in [1.82, 2.24) is 0 Å². The minimum absolute atomic E-state index is 0.195. The first-order valence-corrected chi connectivity index (χ1v) is 7.88. The maximum atomic E-state index is 9.84. The first-order chi connectivity index (χ1) is 9.65. The lowest BCUT2D eigenvalue weighted by molar-refractivity contribution is -0.0137. The van der Waals surface area contributed by atoms with Gasteiger partial charge in [0.05, 0.1) is 30.4 Å². The lowest BCUT2D eigenvalue weighted by Crippen LogP contribution is -2.27. The van der Waals surface area contributed by atoms with Gasteiger partial charge in [-0.25, -0.2) is 0 Å². The average Bonchev–Trinajstić information content (AvgIpc) is 2.93. The van der Waals surface area contributed by atoms with Gasteiger partial charge in [-0.05, 0) is 47.0 Å². The van der Waals surface area contributed by atoms with Gasteiger partial charge in [0.1, 0.15) is 0 Å². The Morgan fingerprint density at radius 1 is 1.55 bits per heavy atom. The number of aliphatic hydroxyl groups is 1. The van der Waals surface area contributed by atoms with Crippen molar-refractivity contribution in [2.75, 3.05) is 31.7 Å². The van der Waals surface area contributed by atoms with Crippen molar-refractivity contribution in [3.63, 3.8) is 0 Å². The van der Waals surface area contributed by atoms with Crippen LogP contribution in [0.3, 0.4) is 0 Å². The van der Waals surface area contributed by atoms with E-state index in [-0.39, 0.29) is 6.10 Å². The van der Waals surface area contributed by atoms with Crippen molar-refractivity contribution in [2.45, 2.75) is 25.0 Å². The number of benzene rings is 1. The number of hydrogen-bond donors (Lipinski definition) is 2. The largest absolute Gasteiger partial charge is 0.389 e. The molecular formula is C14H19BrClNO3. The molecule has 2 atom stereocenters. The molecule has 6 heteroatoms. The first-order valence-electron chi connectivity index (χ1n) is 6.71. The first kappa shape index (κ1) is 16.0. The second-order valence-corrected chi connectivity index (χ2v) is 6.10. The lowest BCUT2D eigenvalue weighted by Gasteiger charge is -2.15. The molecular weight excluding hydrogens is 346 g/mol. The minimum Gasteiger partial charge on any atom is -0.389 e. The Balaban J connectivity index is 1.63. The van der Waals surface area contributed by atoms with E-state index in [0.717, 1.165) is 29.6 Å². The monoisotopic (exact) mass is 363 g/mol. The molecule has 20 heavy (non-hydrogen) atoms. The van der Waals surface area contributed by atoms with Crippen LogP contribution >= 0.6 is 27.5 Å². The van der Waals surface area contributed by atoms with Gasteiger partial charge in [-0.3, -0.25) is 0 Å². The maximum Gasteiger partial charge on any atom is 0.0945 e. The zero-order valence-corrected chi connectivity index (χ0v) is 13.5. The summed E-state index contributed by atoms with van der Waals surface area (Å²) in [5.74, 6) is 0. The normalized spacial score (nSPS) is 20.1. The van der Waals surface area contributed by atoms with Gasteiger partial charge in [0.25, 0.3) is 0 Å². The fourth-order valence-electron chi connectivity index (χ4n) is 2.01. The molecule has 1 aliphatic rings. The molecule has 1 aromatic rings. The molecule has 0 aliphatic carbocycles. The molecule has 2 N–H and O–H groups in total. The predicted octanol–water partition coefficient (Wildman–Crippen LogP) is 3.07.